The molecular weight excluding hydrogens is 275 g/mol. The maximum absolute atomic E-state index is 13.0. The molecule has 1 atom stereocenters. The Morgan fingerprint density at radius 2 is 2.00 bits per heavy atom. The van der Waals surface area contributed by atoms with E-state index in [9.17, 15) is 4.39 Å². The second-order valence-electron chi connectivity index (χ2n) is 4.47. The molecule has 0 saturated carbocycles. The van der Waals surface area contributed by atoms with Crippen LogP contribution in [-0.2, 0) is 11.8 Å². The molecule has 1 unspecified atom stereocenters. The summed E-state index contributed by atoms with van der Waals surface area (Å²) in [5.74, 6) is 0.423. The smallest absolute Gasteiger partial charge is 0.276 e. The lowest BCUT2D eigenvalue weighted by atomic mass is 10.1. The molecule has 0 bridgehead atoms. The highest BCUT2D eigenvalue weighted by Gasteiger charge is 2.21. The lowest BCUT2D eigenvalue weighted by Crippen LogP contribution is -2.05. The first-order valence-electron chi connectivity index (χ1n) is 6.29. The number of rotatable bonds is 4. The van der Waals surface area contributed by atoms with Gasteiger partial charge in [0.25, 0.3) is 5.89 Å². The first-order valence-corrected chi connectivity index (χ1v) is 6.29. The minimum atomic E-state index is -0.517. The summed E-state index contributed by atoms with van der Waals surface area (Å²) in [5.41, 5.74) is 1.46. The summed E-state index contributed by atoms with van der Waals surface area (Å²) < 4.78 is 25.3. The minimum Gasteiger partial charge on any atom is -0.369 e. The molecule has 3 aromatic rings. The maximum Gasteiger partial charge on any atom is 0.276 e. The summed E-state index contributed by atoms with van der Waals surface area (Å²) >= 11 is 0. The number of benzene rings is 1. The Labute approximate surface area is 120 Å². The van der Waals surface area contributed by atoms with Crippen molar-refractivity contribution >= 4 is 0 Å². The number of methoxy groups -OCH3 is 1. The fourth-order valence-electron chi connectivity index (χ4n) is 2.06. The topological polar surface area (TPSA) is 66.0 Å². The Morgan fingerprint density at radius 1 is 1.24 bits per heavy atom. The van der Waals surface area contributed by atoms with Crippen molar-refractivity contribution in [2.75, 3.05) is 7.11 Å². The highest BCUT2D eigenvalue weighted by Crippen LogP contribution is 2.25. The normalized spacial score (nSPS) is 12.5. The van der Waals surface area contributed by atoms with E-state index in [0.717, 1.165) is 5.56 Å². The van der Waals surface area contributed by atoms with Gasteiger partial charge in [-0.05, 0) is 23.8 Å². The average Bonchev–Trinajstić information content (AvgIpc) is 3.11. The standard InChI is InChI=1S/C14H13FN4O2/c1-19-11(7-8-16-19)14-17-13(18-21-14)12(20-2)9-3-5-10(15)6-4-9/h3-8,12H,1-2H3. The van der Waals surface area contributed by atoms with Crippen LogP contribution in [-0.4, -0.2) is 27.0 Å². The number of aromatic nitrogens is 4. The van der Waals surface area contributed by atoms with Crippen molar-refractivity contribution in [1.82, 2.24) is 19.9 Å². The lowest BCUT2D eigenvalue weighted by Gasteiger charge is -2.11. The highest BCUT2D eigenvalue weighted by atomic mass is 19.1. The molecule has 0 radical (unpaired) electrons. The molecule has 2 aromatic heterocycles. The van der Waals surface area contributed by atoms with Gasteiger partial charge in [-0.1, -0.05) is 17.3 Å². The SMILES string of the molecule is COC(c1ccc(F)cc1)c1noc(-c2ccnn2C)n1. The second kappa shape index (κ2) is 5.45. The fraction of sp³-hybridized carbons (Fsp3) is 0.214. The van der Waals surface area contributed by atoms with Crippen LogP contribution in [0, 0.1) is 5.82 Å². The van der Waals surface area contributed by atoms with Crippen molar-refractivity contribution < 1.29 is 13.7 Å². The van der Waals surface area contributed by atoms with E-state index in [1.54, 1.807) is 36.1 Å². The molecule has 0 aliphatic rings. The Morgan fingerprint density at radius 3 is 2.62 bits per heavy atom. The fourth-order valence-corrected chi connectivity index (χ4v) is 2.06. The predicted octanol–water partition coefficient (Wildman–Crippen LogP) is 2.34. The number of aryl methyl sites for hydroxylation is 1. The van der Waals surface area contributed by atoms with E-state index < -0.39 is 6.10 Å². The molecule has 2 heterocycles. The third-order valence-electron chi connectivity index (χ3n) is 3.12. The number of hydrogen-bond donors (Lipinski definition) is 0. The molecule has 0 spiro atoms. The molecule has 3 rings (SSSR count). The molecule has 1 aromatic carbocycles. The molecule has 0 fully saturated rings. The zero-order chi connectivity index (χ0) is 14.8. The van der Waals surface area contributed by atoms with E-state index in [1.807, 2.05) is 0 Å². The largest absolute Gasteiger partial charge is 0.369 e. The van der Waals surface area contributed by atoms with Gasteiger partial charge >= 0.3 is 0 Å². The van der Waals surface area contributed by atoms with Crippen LogP contribution in [0.4, 0.5) is 4.39 Å². The molecule has 0 N–H and O–H groups in total. The van der Waals surface area contributed by atoms with Crippen molar-refractivity contribution in [1.29, 1.82) is 0 Å². The Hall–Kier alpha value is -2.54. The van der Waals surface area contributed by atoms with Gasteiger partial charge in [-0.15, -0.1) is 0 Å². The van der Waals surface area contributed by atoms with Gasteiger partial charge in [0.2, 0.25) is 5.82 Å². The Kier molecular flexibility index (Phi) is 3.49. The molecule has 7 heteroatoms. The van der Waals surface area contributed by atoms with Crippen LogP contribution in [0.2, 0.25) is 0 Å². The Bertz CT molecular complexity index is 736. The van der Waals surface area contributed by atoms with E-state index in [-0.39, 0.29) is 5.82 Å². The number of hydrogen-bond acceptors (Lipinski definition) is 5. The summed E-state index contributed by atoms with van der Waals surface area (Å²) in [4.78, 5) is 4.33. The monoisotopic (exact) mass is 288 g/mol. The summed E-state index contributed by atoms with van der Waals surface area (Å²) in [7, 11) is 3.32. The third-order valence-corrected chi connectivity index (χ3v) is 3.12. The van der Waals surface area contributed by atoms with Crippen molar-refractivity contribution in [3.05, 3.63) is 53.7 Å². The van der Waals surface area contributed by atoms with Crippen LogP contribution >= 0.6 is 0 Å². The molecule has 0 aliphatic heterocycles. The number of nitrogens with zero attached hydrogens (tertiary/aromatic N) is 4. The minimum absolute atomic E-state index is 0.308. The van der Waals surface area contributed by atoms with E-state index in [0.29, 0.717) is 17.4 Å². The predicted molar refractivity (Wildman–Crippen MR) is 71.8 cm³/mol. The molecule has 0 aliphatic carbocycles. The van der Waals surface area contributed by atoms with Crippen LogP contribution in [0.3, 0.4) is 0 Å². The third kappa shape index (κ3) is 2.55. The molecule has 21 heavy (non-hydrogen) atoms. The lowest BCUT2D eigenvalue weighted by molar-refractivity contribution is 0.126. The maximum atomic E-state index is 13.0. The van der Waals surface area contributed by atoms with Gasteiger partial charge in [0, 0.05) is 20.4 Å². The van der Waals surface area contributed by atoms with Crippen molar-refractivity contribution in [2.45, 2.75) is 6.10 Å². The summed E-state index contributed by atoms with van der Waals surface area (Å²) in [6.07, 6.45) is 1.13. The zero-order valence-corrected chi connectivity index (χ0v) is 11.5. The van der Waals surface area contributed by atoms with Crippen molar-refractivity contribution in [3.63, 3.8) is 0 Å². The van der Waals surface area contributed by atoms with E-state index >= 15 is 0 Å². The van der Waals surface area contributed by atoms with Gasteiger partial charge in [-0.2, -0.15) is 10.1 Å². The summed E-state index contributed by atoms with van der Waals surface area (Å²) in [6.45, 7) is 0. The van der Waals surface area contributed by atoms with Gasteiger partial charge in [0.15, 0.2) is 0 Å². The molecule has 6 nitrogen and oxygen atoms in total. The van der Waals surface area contributed by atoms with Gasteiger partial charge in [-0.3, -0.25) is 4.68 Å². The summed E-state index contributed by atoms with van der Waals surface area (Å²) in [6, 6.07) is 7.76. The van der Waals surface area contributed by atoms with E-state index in [1.165, 1.54) is 19.2 Å². The van der Waals surface area contributed by atoms with E-state index in [2.05, 4.69) is 15.2 Å². The van der Waals surface area contributed by atoms with Crippen molar-refractivity contribution in [2.24, 2.45) is 7.05 Å². The summed E-state index contributed by atoms with van der Waals surface area (Å²) in [5, 5.41) is 7.99. The van der Waals surface area contributed by atoms with Gasteiger partial charge < -0.3 is 9.26 Å². The molecule has 0 amide bonds. The molecule has 0 saturated heterocycles. The van der Waals surface area contributed by atoms with Gasteiger partial charge in [-0.25, -0.2) is 4.39 Å². The van der Waals surface area contributed by atoms with Crippen LogP contribution in [0.15, 0.2) is 41.1 Å². The molecular formula is C14H13FN4O2. The first-order chi connectivity index (χ1) is 10.2. The zero-order valence-electron chi connectivity index (χ0n) is 11.5. The highest BCUT2D eigenvalue weighted by molar-refractivity contribution is 5.46. The first kappa shape index (κ1) is 13.4. The van der Waals surface area contributed by atoms with Crippen LogP contribution in [0.5, 0.6) is 0 Å². The van der Waals surface area contributed by atoms with Gasteiger partial charge in [0.1, 0.15) is 17.6 Å². The average molecular weight is 288 g/mol. The second-order valence-corrected chi connectivity index (χ2v) is 4.47. The number of ether oxygens (including phenoxy) is 1. The van der Waals surface area contributed by atoms with Gasteiger partial charge in [0.05, 0.1) is 0 Å². The van der Waals surface area contributed by atoms with Crippen LogP contribution in [0.25, 0.3) is 11.6 Å². The quantitative estimate of drug-likeness (QED) is 0.737. The Balaban J connectivity index is 1.94. The van der Waals surface area contributed by atoms with E-state index in [4.69, 9.17) is 9.26 Å². The van der Waals surface area contributed by atoms with Crippen LogP contribution < -0.4 is 0 Å². The van der Waals surface area contributed by atoms with Crippen molar-refractivity contribution in [3.8, 4) is 11.6 Å². The molecule has 108 valence electrons. The number of halogens is 1. The van der Waals surface area contributed by atoms with Crippen LogP contribution in [0.1, 0.15) is 17.5 Å².